The van der Waals surface area contributed by atoms with E-state index in [-0.39, 0.29) is 18.1 Å². The Kier molecular flexibility index (Phi) is 6.89. The zero-order chi connectivity index (χ0) is 20.8. The Morgan fingerprint density at radius 2 is 2.00 bits per heavy atom. The van der Waals surface area contributed by atoms with Crippen molar-refractivity contribution in [1.82, 2.24) is 25.0 Å². The van der Waals surface area contributed by atoms with E-state index in [2.05, 4.69) is 37.1 Å². The number of allylic oxidation sites excluding steroid dienone is 2. The van der Waals surface area contributed by atoms with Crippen molar-refractivity contribution in [3.63, 3.8) is 0 Å². The van der Waals surface area contributed by atoms with Gasteiger partial charge in [-0.25, -0.2) is 4.39 Å². The van der Waals surface area contributed by atoms with Crippen LogP contribution in [0.4, 0.5) is 4.39 Å². The predicted octanol–water partition coefficient (Wildman–Crippen LogP) is 2.53. The number of amides is 1. The lowest BCUT2D eigenvalue weighted by molar-refractivity contribution is -0.120. The maximum atomic E-state index is 13.0. The molecule has 2 aliphatic rings. The normalized spacial score (nSPS) is 19.3. The van der Waals surface area contributed by atoms with E-state index < -0.39 is 0 Å². The van der Waals surface area contributed by atoms with E-state index in [1.165, 1.54) is 31.4 Å². The largest absolute Gasteiger partial charge is 0.355 e. The van der Waals surface area contributed by atoms with Crippen LogP contribution in [0, 0.1) is 11.7 Å². The Bertz CT molecular complexity index is 876. The summed E-state index contributed by atoms with van der Waals surface area (Å²) in [5.41, 5.74) is 0.804. The van der Waals surface area contributed by atoms with Gasteiger partial charge in [0.25, 0.3) is 0 Å². The Balaban J connectivity index is 1.24. The van der Waals surface area contributed by atoms with Crippen molar-refractivity contribution in [1.29, 1.82) is 0 Å². The van der Waals surface area contributed by atoms with Gasteiger partial charge in [-0.1, -0.05) is 24.3 Å². The van der Waals surface area contributed by atoms with Crippen LogP contribution in [0.15, 0.2) is 36.4 Å². The second-order valence-corrected chi connectivity index (χ2v) is 8.29. The SMILES string of the molecule is O=C(Cc1ccc(F)cc1)NCCc1nnc2n1CCN(C[C@@H]1CC=CCC1)CC2. The third-order valence-electron chi connectivity index (χ3n) is 6.04. The number of halogens is 1. The van der Waals surface area contributed by atoms with Crippen molar-refractivity contribution >= 4 is 5.91 Å². The van der Waals surface area contributed by atoms with Crippen LogP contribution in [-0.4, -0.2) is 51.8 Å². The predicted molar refractivity (Wildman–Crippen MR) is 113 cm³/mol. The lowest BCUT2D eigenvalue weighted by Gasteiger charge is -2.26. The third kappa shape index (κ3) is 5.53. The van der Waals surface area contributed by atoms with Crippen LogP contribution in [0.3, 0.4) is 0 Å². The third-order valence-corrected chi connectivity index (χ3v) is 6.04. The number of nitrogens with zero attached hydrogens (tertiary/aromatic N) is 4. The molecule has 1 aromatic carbocycles. The van der Waals surface area contributed by atoms with Crippen molar-refractivity contribution < 1.29 is 9.18 Å². The fourth-order valence-corrected chi connectivity index (χ4v) is 4.35. The minimum Gasteiger partial charge on any atom is -0.355 e. The molecule has 0 bridgehead atoms. The van der Waals surface area contributed by atoms with Gasteiger partial charge in [-0.05, 0) is 42.9 Å². The molecule has 160 valence electrons. The first-order chi connectivity index (χ1) is 14.7. The molecule has 6 nitrogen and oxygen atoms in total. The van der Waals surface area contributed by atoms with Gasteiger partial charge in [-0.15, -0.1) is 10.2 Å². The maximum absolute atomic E-state index is 13.0. The molecule has 1 aromatic heterocycles. The van der Waals surface area contributed by atoms with Gasteiger partial charge >= 0.3 is 0 Å². The Morgan fingerprint density at radius 1 is 1.13 bits per heavy atom. The highest BCUT2D eigenvalue weighted by atomic mass is 19.1. The van der Waals surface area contributed by atoms with Gasteiger partial charge < -0.3 is 14.8 Å². The summed E-state index contributed by atoms with van der Waals surface area (Å²) < 4.78 is 15.2. The number of fused-ring (bicyclic) bond motifs is 1. The standard InChI is InChI=1S/C23H30FN5O/c24-20-8-6-18(7-9-20)16-23(30)25-12-10-21-26-27-22-11-13-28(14-15-29(21)22)17-19-4-2-1-3-5-19/h1-2,6-9,19H,3-5,10-17H2,(H,25,30)/t19-/m1/s1. The lowest BCUT2D eigenvalue weighted by Crippen LogP contribution is -2.33. The Morgan fingerprint density at radius 3 is 2.80 bits per heavy atom. The molecular weight excluding hydrogens is 381 g/mol. The number of hydrogen-bond donors (Lipinski definition) is 1. The molecule has 0 radical (unpaired) electrons. The Labute approximate surface area is 177 Å². The summed E-state index contributed by atoms with van der Waals surface area (Å²) in [7, 11) is 0. The van der Waals surface area contributed by atoms with Gasteiger partial charge in [0.1, 0.15) is 17.5 Å². The first kappa shape index (κ1) is 20.7. The van der Waals surface area contributed by atoms with Crippen molar-refractivity contribution in [3.05, 3.63) is 59.4 Å². The molecule has 0 saturated carbocycles. The molecule has 1 atom stereocenters. The van der Waals surface area contributed by atoms with Gasteiger partial charge in [0.15, 0.2) is 0 Å². The number of rotatable bonds is 7. The number of hydrogen-bond acceptors (Lipinski definition) is 4. The molecule has 1 N–H and O–H groups in total. The molecule has 7 heteroatoms. The zero-order valence-corrected chi connectivity index (χ0v) is 17.4. The molecule has 30 heavy (non-hydrogen) atoms. The topological polar surface area (TPSA) is 63.1 Å². The van der Waals surface area contributed by atoms with Crippen LogP contribution in [0.25, 0.3) is 0 Å². The first-order valence-electron chi connectivity index (χ1n) is 11.0. The van der Waals surface area contributed by atoms with Gasteiger partial charge in [-0.3, -0.25) is 4.79 Å². The lowest BCUT2D eigenvalue weighted by atomic mass is 9.94. The summed E-state index contributed by atoms with van der Waals surface area (Å²) in [5, 5.41) is 11.7. The number of benzene rings is 1. The second-order valence-electron chi connectivity index (χ2n) is 8.29. The smallest absolute Gasteiger partial charge is 0.224 e. The van der Waals surface area contributed by atoms with E-state index in [1.54, 1.807) is 12.1 Å². The number of carbonyl (C=O) groups excluding carboxylic acids is 1. The molecule has 0 unspecified atom stereocenters. The van der Waals surface area contributed by atoms with Crippen LogP contribution in [0.1, 0.15) is 36.5 Å². The molecule has 2 heterocycles. The van der Waals surface area contributed by atoms with Crippen LogP contribution in [-0.2, 0) is 30.6 Å². The van der Waals surface area contributed by atoms with Gasteiger partial charge in [0.05, 0.1) is 6.42 Å². The summed E-state index contributed by atoms with van der Waals surface area (Å²) in [4.78, 5) is 14.7. The number of carbonyl (C=O) groups is 1. The molecule has 0 saturated heterocycles. The quantitative estimate of drug-likeness (QED) is 0.712. The molecule has 2 aromatic rings. The van der Waals surface area contributed by atoms with Gasteiger partial charge in [-0.2, -0.15) is 0 Å². The first-order valence-corrected chi connectivity index (χ1v) is 11.0. The average Bonchev–Trinajstić information content (AvgIpc) is 3.03. The van der Waals surface area contributed by atoms with E-state index in [9.17, 15) is 9.18 Å². The fourth-order valence-electron chi connectivity index (χ4n) is 4.35. The molecule has 0 fully saturated rings. The monoisotopic (exact) mass is 411 g/mol. The summed E-state index contributed by atoms with van der Waals surface area (Å²) in [6, 6.07) is 6.04. The molecule has 1 amide bonds. The van der Waals surface area contributed by atoms with Gasteiger partial charge in [0, 0.05) is 45.6 Å². The highest BCUT2D eigenvalue weighted by Crippen LogP contribution is 2.20. The summed E-state index contributed by atoms with van der Waals surface area (Å²) in [6.45, 7) is 4.65. The molecular formula is C23H30FN5O. The molecule has 1 aliphatic heterocycles. The van der Waals surface area contributed by atoms with Crippen LogP contribution in [0.2, 0.25) is 0 Å². The maximum Gasteiger partial charge on any atom is 0.224 e. The van der Waals surface area contributed by atoms with Crippen molar-refractivity contribution in [3.8, 4) is 0 Å². The van der Waals surface area contributed by atoms with E-state index in [1.807, 2.05) is 0 Å². The molecule has 1 aliphatic carbocycles. The van der Waals surface area contributed by atoms with E-state index >= 15 is 0 Å². The highest BCUT2D eigenvalue weighted by Gasteiger charge is 2.21. The summed E-state index contributed by atoms with van der Waals surface area (Å²) in [5.74, 6) is 2.41. The minimum absolute atomic E-state index is 0.0649. The number of aromatic nitrogens is 3. The minimum atomic E-state index is -0.291. The fraction of sp³-hybridized carbons (Fsp3) is 0.522. The van der Waals surface area contributed by atoms with Crippen LogP contribution >= 0.6 is 0 Å². The van der Waals surface area contributed by atoms with E-state index in [0.717, 1.165) is 55.7 Å². The molecule has 0 spiro atoms. The van der Waals surface area contributed by atoms with Crippen LogP contribution < -0.4 is 5.32 Å². The number of nitrogens with one attached hydrogen (secondary N) is 1. The second kappa shape index (κ2) is 9.98. The van der Waals surface area contributed by atoms with E-state index in [0.29, 0.717) is 13.0 Å². The Hall–Kier alpha value is -2.54. The van der Waals surface area contributed by atoms with Crippen molar-refractivity contribution in [2.24, 2.45) is 5.92 Å². The van der Waals surface area contributed by atoms with Gasteiger partial charge in [0.2, 0.25) is 5.91 Å². The summed E-state index contributed by atoms with van der Waals surface area (Å²) in [6.07, 6.45) is 10.2. The van der Waals surface area contributed by atoms with Crippen molar-refractivity contribution in [2.45, 2.75) is 45.1 Å². The summed E-state index contributed by atoms with van der Waals surface area (Å²) >= 11 is 0. The van der Waals surface area contributed by atoms with Crippen LogP contribution in [0.5, 0.6) is 0 Å². The highest BCUT2D eigenvalue weighted by molar-refractivity contribution is 5.78. The zero-order valence-electron chi connectivity index (χ0n) is 17.4. The van der Waals surface area contributed by atoms with E-state index in [4.69, 9.17) is 0 Å². The van der Waals surface area contributed by atoms with Crippen molar-refractivity contribution in [2.75, 3.05) is 26.2 Å². The average molecular weight is 412 g/mol. The molecule has 4 rings (SSSR count).